The summed E-state index contributed by atoms with van der Waals surface area (Å²) in [4.78, 5) is 11.0. The third-order valence-corrected chi connectivity index (χ3v) is 2.21. The van der Waals surface area contributed by atoms with Crippen molar-refractivity contribution in [2.45, 2.75) is 6.92 Å². The molecule has 0 heterocycles. The second-order valence-electron chi connectivity index (χ2n) is 2.55. The molecule has 4 heteroatoms. The van der Waals surface area contributed by atoms with E-state index in [1.54, 1.807) is 12.1 Å². The Bertz CT molecular complexity index is 348. The summed E-state index contributed by atoms with van der Waals surface area (Å²) >= 11 is 11.2. The van der Waals surface area contributed by atoms with Crippen LogP contribution in [0.1, 0.15) is 15.9 Å². The van der Waals surface area contributed by atoms with Crippen molar-refractivity contribution < 1.29 is 9.53 Å². The molecule has 2 nitrogen and oxygen atoms in total. The van der Waals surface area contributed by atoms with Gasteiger partial charge in [-0.05, 0) is 30.2 Å². The van der Waals surface area contributed by atoms with Gasteiger partial charge in [0, 0.05) is 0 Å². The molecule has 0 bridgehead atoms. The lowest BCUT2D eigenvalue weighted by atomic mass is 10.1. The van der Waals surface area contributed by atoms with Gasteiger partial charge in [0.2, 0.25) is 0 Å². The van der Waals surface area contributed by atoms with Crippen LogP contribution in [0.15, 0.2) is 12.1 Å². The molecular weight excluding hydrogens is 211 g/mol. The molecule has 0 saturated heterocycles. The van der Waals surface area contributed by atoms with Gasteiger partial charge in [0.1, 0.15) is 5.75 Å². The molecule has 0 atom stereocenters. The molecular formula is C9H8Cl2O2. The van der Waals surface area contributed by atoms with Crippen LogP contribution in [-0.2, 0) is 0 Å². The number of ether oxygens (including phenoxy) is 1. The zero-order chi connectivity index (χ0) is 10.0. The van der Waals surface area contributed by atoms with Crippen LogP contribution in [0, 0.1) is 6.92 Å². The lowest BCUT2D eigenvalue weighted by molar-refractivity contribution is 0.107. The number of hydrogen-bond donors (Lipinski definition) is 0. The normalized spacial score (nSPS) is 9.85. The van der Waals surface area contributed by atoms with Crippen LogP contribution in [0.4, 0.5) is 0 Å². The van der Waals surface area contributed by atoms with E-state index in [1.165, 1.54) is 7.11 Å². The van der Waals surface area contributed by atoms with Crippen molar-refractivity contribution in [3.8, 4) is 5.75 Å². The Kier molecular flexibility index (Phi) is 3.17. The molecule has 0 saturated carbocycles. The first kappa shape index (κ1) is 10.4. The van der Waals surface area contributed by atoms with Crippen LogP contribution >= 0.6 is 23.2 Å². The van der Waals surface area contributed by atoms with E-state index < -0.39 is 5.24 Å². The smallest absolute Gasteiger partial charge is 0.257 e. The van der Waals surface area contributed by atoms with Gasteiger partial charge in [-0.25, -0.2) is 0 Å². The molecule has 0 spiro atoms. The van der Waals surface area contributed by atoms with E-state index in [4.69, 9.17) is 27.9 Å². The van der Waals surface area contributed by atoms with E-state index in [-0.39, 0.29) is 5.56 Å². The maximum Gasteiger partial charge on any atom is 0.257 e. The molecule has 1 aromatic rings. The molecule has 1 aromatic carbocycles. The third kappa shape index (κ3) is 1.95. The number of aryl methyl sites for hydroxylation is 1. The minimum atomic E-state index is -0.606. The minimum absolute atomic E-state index is 0.228. The first-order chi connectivity index (χ1) is 6.07. The Morgan fingerprint density at radius 2 is 2.08 bits per heavy atom. The second kappa shape index (κ2) is 3.99. The van der Waals surface area contributed by atoms with Crippen LogP contribution in [0.5, 0.6) is 5.75 Å². The van der Waals surface area contributed by atoms with Gasteiger partial charge in [0.15, 0.2) is 0 Å². The third-order valence-electron chi connectivity index (χ3n) is 1.70. The predicted octanol–water partition coefficient (Wildman–Crippen LogP) is 3.04. The summed E-state index contributed by atoms with van der Waals surface area (Å²) < 4.78 is 5.03. The van der Waals surface area contributed by atoms with Crippen molar-refractivity contribution in [1.29, 1.82) is 0 Å². The molecule has 0 amide bonds. The van der Waals surface area contributed by atoms with E-state index in [0.29, 0.717) is 10.8 Å². The van der Waals surface area contributed by atoms with Crippen molar-refractivity contribution >= 4 is 28.4 Å². The minimum Gasteiger partial charge on any atom is -0.496 e. The first-order valence-corrected chi connectivity index (χ1v) is 4.36. The fourth-order valence-electron chi connectivity index (χ4n) is 1.11. The number of halogens is 2. The van der Waals surface area contributed by atoms with Gasteiger partial charge >= 0.3 is 0 Å². The SMILES string of the molecule is COc1c(C)ccc(Cl)c1C(=O)Cl. The molecule has 13 heavy (non-hydrogen) atoms. The van der Waals surface area contributed by atoms with Gasteiger partial charge in [-0.15, -0.1) is 0 Å². The van der Waals surface area contributed by atoms with E-state index in [2.05, 4.69) is 0 Å². The zero-order valence-electron chi connectivity index (χ0n) is 7.23. The second-order valence-corrected chi connectivity index (χ2v) is 3.30. The number of rotatable bonds is 2. The topological polar surface area (TPSA) is 26.3 Å². The highest BCUT2D eigenvalue weighted by molar-refractivity contribution is 6.69. The summed E-state index contributed by atoms with van der Waals surface area (Å²) in [5.74, 6) is 0.438. The molecule has 0 unspecified atom stereocenters. The van der Waals surface area contributed by atoms with Gasteiger partial charge in [-0.3, -0.25) is 4.79 Å². The number of methoxy groups -OCH3 is 1. The monoisotopic (exact) mass is 218 g/mol. The van der Waals surface area contributed by atoms with E-state index in [0.717, 1.165) is 5.56 Å². The van der Waals surface area contributed by atoms with Gasteiger partial charge in [0.25, 0.3) is 5.24 Å². The Hall–Kier alpha value is -0.730. The van der Waals surface area contributed by atoms with Crippen LogP contribution in [-0.4, -0.2) is 12.4 Å². The Balaban J connectivity index is 3.43. The van der Waals surface area contributed by atoms with Crippen molar-refractivity contribution in [2.75, 3.05) is 7.11 Å². The predicted molar refractivity (Wildman–Crippen MR) is 52.9 cm³/mol. The Morgan fingerprint density at radius 1 is 1.46 bits per heavy atom. The van der Waals surface area contributed by atoms with Crippen LogP contribution in [0.25, 0.3) is 0 Å². The zero-order valence-corrected chi connectivity index (χ0v) is 8.74. The molecule has 0 aliphatic carbocycles. The summed E-state index contributed by atoms with van der Waals surface area (Å²) in [5.41, 5.74) is 1.06. The quantitative estimate of drug-likeness (QED) is 0.714. The fraction of sp³-hybridized carbons (Fsp3) is 0.222. The summed E-state index contributed by atoms with van der Waals surface area (Å²) in [6.45, 7) is 1.82. The van der Waals surface area contributed by atoms with Gasteiger partial charge in [-0.2, -0.15) is 0 Å². The summed E-state index contributed by atoms with van der Waals surface area (Å²) in [6.07, 6.45) is 0. The average molecular weight is 219 g/mol. The van der Waals surface area contributed by atoms with E-state index >= 15 is 0 Å². The van der Waals surface area contributed by atoms with Crippen LogP contribution in [0.2, 0.25) is 5.02 Å². The highest BCUT2D eigenvalue weighted by atomic mass is 35.5. The van der Waals surface area contributed by atoms with E-state index in [9.17, 15) is 4.79 Å². The van der Waals surface area contributed by atoms with Gasteiger partial charge < -0.3 is 4.74 Å². The largest absolute Gasteiger partial charge is 0.496 e. The number of carbonyl (C=O) groups is 1. The molecule has 0 aliphatic rings. The number of hydrogen-bond acceptors (Lipinski definition) is 2. The summed E-state index contributed by atoms with van der Waals surface area (Å²) in [6, 6.07) is 3.39. The average Bonchev–Trinajstić information content (AvgIpc) is 2.07. The van der Waals surface area contributed by atoms with Crippen molar-refractivity contribution in [3.63, 3.8) is 0 Å². The Morgan fingerprint density at radius 3 is 2.46 bits per heavy atom. The number of benzene rings is 1. The lowest BCUT2D eigenvalue weighted by Crippen LogP contribution is -1.98. The summed E-state index contributed by atoms with van der Waals surface area (Å²) in [7, 11) is 1.47. The molecule has 0 radical (unpaired) electrons. The molecule has 0 aliphatic heterocycles. The van der Waals surface area contributed by atoms with Crippen molar-refractivity contribution in [1.82, 2.24) is 0 Å². The molecule has 0 fully saturated rings. The maximum absolute atomic E-state index is 11.0. The standard InChI is InChI=1S/C9H8Cl2O2/c1-5-3-4-6(10)7(9(11)12)8(5)13-2/h3-4H,1-2H3. The first-order valence-electron chi connectivity index (χ1n) is 3.61. The van der Waals surface area contributed by atoms with E-state index in [1.807, 2.05) is 6.92 Å². The van der Waals surface area contributed by atoms with Crippen molar-refractivity contribution in [3.05, 3.63) is 28.3 Å². The van der Waals surface area contributed by atoms with Crippen LogP contribution in [0.3, 0.4) is 0 Å². The molecule has 0 aromatic heterocycles. The van der Waals surface area contributed by atoms with Gasteiger partial charge in [-0.1, -0.05) is 17.7 Å². The van der Waals surface area contributed by atoms with Gasteiger partial charge in [0.05, 0.1) is 17.7 Å². The molecule has 1 rings (SSSR count). The number of carbonyl (C=O) groups excluding carboxylic acids is 1. The highest BCUT2D eigenvalue weighted by Crippen LogP contribution is 2.30. The molecule has 0 N–H and O–H groups in total. The summed E-state index contributed by atoms with van der Waals surface area (Å²) in [5, 5.41) is -0.298. The molecule has 70 valence electrons. The Labute approximate surface area is 86.4 Å². The fourth-order valence-corrected chi connectivity index (χ4v) is 1.58. The van der Waals surface area contributed by atoms with Crippen LogP contribution < -0.4 is 4.74 Å². The highest BCUT2D eigenvalue weighted by Gasteiger charge is 2.15. The lowest BCUT2D eigenvalue weighted by Gasteiger charge is -2.09. The van der Waals surface area contributed by atoms with Crippen molar-refractivity contribution in [2.24, 2.45) is 0 Å². The maximum atomic E-state index is 11.0.